The molecule has 2 aromatic heterocycles. The van der Waals surface area contributed by atoms with Gasteiger partial charge in [-0.2, -0.15) is 5.10 Å². The number of fused-ring (bicyclic) bond motifs is 1. The number of benzene rings is 1. The third-order valence-corrected chi connectivity index (χ3v) is 7.20. The Kier molecular flexibility index (Phi) is 5.92. The molecule has 10 heteroatoms. The van der Waals surface area contributed by atoms with Crippen molar-refractivity contribution in [2.75, 3.05) is 49.6 Å². The number of nitrogens with one attached hydrogen (secondary N) is 1. The van der Waals surface area contributed by atoms with Crippen LogP contribution in [0.4, 0.5) is 17.5 Å². The van der Waals surface area contributed by atoms with E-state index >= 15 is 0 Å². The zero-order chi connectivity index (χ0) is 24.1. The fourth-order valence-electron chi connectivity index (χ4n) is 4.80. The van der Waals surface area contributed by atoms with Crippen molar-refractivity contribution in [3.8, 4) is 0 Å². The van der Waals surface area contributed by atoms with Crippen LogP contribution in [-0.4, -0.2) is 80.8 Å². The molecule has 2 atom stereocenters. The molecule has 0 aliphatic carbocycles. The first-order chi connectivity index (χ1) is 16.1. The van der Waals surface area contributed by atoms with Crippen molar-refractivity contribution in [3.05, 3.63) is 35.6 Å². The van der Waals surface area contributed by atoms with Crippen molar-refractivity contribution >= 4 is 40.0 Å². The van der Waals surface area contributed by atoms with Crippen molar-refractivity contribution < 1.29 is 9.84 Å². The molecular weight excluding hydrogens is 454 g/mol. The fraction of sp³-hybridized carbons (Fsp3) is 0.542. The summed E-state index contributed by atoms with van der Waals surface area (Å²) in [5.41, 5.74) is 1.30. The van der Waals surface area contributed by atoms with Crippen LogP contribution in [0, 0.1) is 0 Å². The Balaban J connectivity index is 1.36. The number of halogens is 1. The minimum atomic E-state index is -0.458. The zero-order valence-electron chi connectivity index (χ0n) is 20.1. The predicted octanol–water partition coefficient (Wildman–Crippen LogP) is 3.25. The largest absolute Gasteiger partial charge is 0.389 e. The number of piperazine rings is 1. The Bertz CT molecular complexity index is 1190. The molecule has 2 N–H and O–H groups in total. The number of hydrogen-bond donors (Lipinski definition) is 2. The van der Waals surface area contributed by atoms with Crippen LogP contribution in [-0.2, 0) is 10.3 Å². The Morgan fingerprint density at radius 3 is 2.65 bits per heavy atom. The Morgan fingerprint density at radius 1 is 1.21 bits per heavy atom. The smallest absolute Gasteiger partial charge is 0.228 e. The van der Waals surface area contributed by atoms with Gasteiger partial charge in [-0.1, -0.05) is 11.6 Å². The highest BCUT2D eigenvalue weighted by atomic mass is 35.5. The maximum absolute atomic E-state index is 10.4. The average Bonchev–Trinajstić information content (AvgIpc) is 3.40. The minimum Gasteiger partial charge on any atom is -0.389 e. The average molecular weight is 486 g/mol. The molecule has 2 aliphatic rings. The summed E-state index contributed by atoms with van der Waals surface area (Å²) >= 11 is 6.68. The van der Waals surface area contributed by atoms with Gasteiger partial charge in [0.1, 0.15) is 5.82 Å². The van der Waals surface area contributed by atoms with Crippen molar-refractivity contribution in [1.82, 2.24) is 24.6 Å². The van der Waals surface area contributed by atoms with E-state index in [9.17, 15) is 5.11 Å². The fourth-order valence-corrected chi connectivity index (χ4v) is 5.09. The molecule has 34 heavy (non-hydrogen) atoms. The van der Waals surface area contributed by atoms with Crippen molar-refractivity contribution in [2.45, 2.75) is 44.9 Å². The molecule has 0 amide bonds. The van der Waals surface area contributed by atoms with Gasteiger partial charge in [0.15, 0.2) is 0 Å². The lowest BCUT2D eigenvalue weighted by Gasteiger charge is -2.45. The van der Waals surface area contributed by atoms with Crippen LogP contribution in [0.5, 0.6) is 0 Å². The van der Waals surface area contributed by atoms with Crippen LogP contribution in [0.2, 0.25) is 5.02 Å². The number of hydrogen-bond acceptors (Lipinski definition) is 8. The van der Waals surface area contributed by atoms with E-state index in [1.165, 1.54) is 0 Å². The van der Waals surface area contributed by atoms with Crippen molar-refractivity contribution in [1.29, 1.82) is 0 Å². The second-order valence-corrected chi connectivity index (χ2v) is 10.7. The van der Waals surface area contributed by atoms with E-state index in [-0.39, 0.29) is 11.1 Å². The topological polar surface area (TPSA) is 91.6 Å². The zero-order valence-corrected chi connectivity index (χ0v) is 20.9. The molecule has 182 valence electrons. The quantitative estimate of drug-likeness (QED) is 0.582. The number of nitrogens with zero attached hydrogens (tertiary/aromatic N) is 6. The highest BCUT2D eigenvalue weighted by Gasteiger charge is 2.44. The van der Waals surface area contributed by atoms with Gasteiger partial charge >= 0.3 is 0 Å². The van der Waals surface area contributed by atoms with E-state index in [0.717, 1.165) is 48.6 Å². The van der Waals surface area contributed by atoms with Crippen LogP contribution < -0.4 is 10.2 Å². The van der Waals surface area contributed by atoms with Gasteiger partial charge in [-0.25, -0.2) is 14.6 Å². The standard InChI is InChI=1S/C24H32ClN7O2/c1-23(2,3)32-21(5-6-27-32)29-22-26-13-16-11-17(25)19(12-18(16)28-22)30-7-9-31(10-8-30)24(4)15-34-14-20(24)33/h5-6,11-13,20,33H,7-10,14-15H2,1-4H3,(H,26,28,29)/t20-,24+/m1/s1. The van der Waals surface area contributed by atoms with Gasteiger partial charge in [0.25, 0.3) is 0 Å². The summed E-state index contributed by atoms with van der Waals surface area (Å²) in [5, 5.41) is 19.7. The molecule has 0 bridgehead atoms. The van der Waals surface area contributed by atoms with Crippen molar-refractivity contribution in [2.24, 2.45) is 0 Å². The molecule has 1 aromatic carbocycles. The summed E-state index contributed by atoms with van der Waals surface area (Å²) in [7, 11) is 0. The van der Waals surface area contributed by atoms with E-state index in [0.29, 0.717) is 24.2 Å². The predicted molar refractivity (Wildman–Crippen MR) is 134 cm³/mol. The molecule has 2 saturated heterocycles. The lowest BCUT2D eigenvalue weighted by molar-refractivity contribution is 0.00884. The summed E-state index contributed by atoms with van der Waals surface area (Å²) in [6.07, 6.45) is 3.10. The summed E-state index contributed by atoms with van der Waals surface area (Å²) in [6.45, 7) is 12.6. The molecule has 2 fully saturated rings. The molecule has 3 aromatic rings. The summed E-state index contributed by atoms with van der Waals surface area (Å²) in [5.74, 6) is 1.35. The highest BCUT2D eigenvalue weighted by Crippen LogP contribution is 2.33. The van der Waals surface area contributed by atoms with Gasteiger partial charge in [0, 0.05) is 43.8 Å². The molecule has 2 aliphatic heterocycles. The third kappa shape index (κ3) is 4.22. The Hall–Kier alpha value is -2.46. The van der Waals surface area contributed by atoms with Gasteiger partial charge in [-0.15, -0.1) is 0 Å². The maximum atomic E-state index is 10.4. The van der Waals surface area contributed by atoms with E-state index in [1.807, 2.05) is 22.9 Å². The SMILES string of the molecule is CC(C)(C)n1nccc1Nc1ncc2cc(Cl)c(N3CCN([C@@]4(C)COC[C@H]4O)CC3)cc2n1. The van der Waals surface area contributed by atoms with E-state index in [2.05, 4.69) is 52.9 Å². The number of ether oxygens (including phenoxy) is 1. The number of anilines is 3. The monoisotopic (exact) mass is 485 g/mol. The van der Waals surface area contributed by atoms with Gasteiger partial charge in [0.05, 0.1) is 52.8 Å². The van der Waals surface area contributed by atoms with Gasteiger partial charge in [-0.3, -0.25) is 4.90 Å². The number of aliphatic hydroxyl groups excluding tert-OH is 1. The highest BCUT2D eigenvalue weighted by molar-refractivity contribution is 6.34. The van der Waals surface area contributed by atoms with Crippen molar-refractivity contribution in [3.63, 3.8) is 0 Å². The van der Waals surface area contributed by atoms with Crippen LogP contribution in [0.3, 0.4) is 0 Å². The van der Waals surface area contributed by atoms with Gasteiger partial charge < -0.3 is 20.1 Å². The normalized spacial score (nSPS) is 24.2. The van der Waals surface area contributed by atoms with Crippen LogP contribution in [0.1, 0.15) is 27.7 Å². The Morgan fingerprint density at radius 2 is 1.97 bits per heavy atom. The Labute approximate surface area is 204 Å². The van der Waals surface area contributed by atoms with Gasteiger partial charge in [-0.05, 0) is 39.8 Å². The minimum absolute atomic E-state index is 0.163. The molecule has 0 unspecified atom stereocenters. The summed E-state index contributed by atoms with van der Waals surface area (Å²) in [4.78, 5) is 13.9. The molecule has 9 nitrogen and oxygen atoms in total. The number of aliphatic hydroxyl groups is 1. The van der Waals surface area contributed by atoms with E-state index in [4.69, 9.17) is 21.3 Å². The van der Waals surface area contributed by atoms with Gasteiger partial charge in [0.2, 0.25) is 5.95 Å². The first-order valence-electron chi connectivity index (χ1n) is 11.7. The molecule has 0 spiro atoms. The molecule has 5 rings (SSSR count). The van der Waals surface area contributed by atoms with E-state index < -0.39 is 6.10 Å². The molecule has 0 saturated carbocycles. The molecule has 4 heterocycles. The lowest BCUT2D eigenvalue weighted by Crippen LogP contribution is -2.60. The van der Waals surface area contributed by atoms with E-state index in [1.54, 1.807) is 12.4 Å². The summed E-state index contributed by atoms with van der Waals surface area (Å²) < 4.78 is 7.44. The van der Waals surface area contributed by atoms with Crippen LogP contribution in [0.25, 0.3) is 10.9 Å². The second kappa shape index (κ2) is 8.64. The maximum Gasteiger partial charge on any atom is 0.228 e. The lowest BCUT2D eigenvalue weighted by atomic mass is 9.95. The molecular formula is C24H32ClN7O2. The first-order valence-corrected chi connectivity index (χ1v) is 12.1. The molecule has 0 radical (unpaired) electrons. The number of rotatable bonds is 4. The van der Waals surface area contributed by atoms with Crippen LogP contribution in [0.15, 0.2) is 30.6 Å². The summed E-state index contributed by atoms with van der Waals surface area (Å²) in [6, 6.07) is 5.88. The third-order valence-electron chi connectivity index (χ3n) is 6.90. The first kappa shape index (κ1) is 23.3. The van der Waals surface area contributed by atoms with Crippen LogP contribution >= 0.6 is 11.6 Å². The number of aromatic nitrogens is 4. The second-order valence-electron chi connectivity index (χ2n) is 10.3.